The summed E-state index contributed by atoms with van der Waals surface area (Å²) in [5.41, 5.74) is 9.26. The van der Waals surface area contributed by atoms with Gasteiger partial charge in [0.2, 0.25) is 0 Å². The first-order valence-corrected chi connectivity index (χ1v) is 16.4. The third kappa shape index (κ3) is 5.92. The van der Waals surface area contributed by atoms with Crippen LogP contribution in [-0.2, 0) is 10.8 Å². The Morgan fingerprint density at radius 3 is 2.00 bits per heavy atom. The molecule has 2 aromatic carbocycles. The van der Waals surface area contributed by atoms with E-state index in [1.54, 1.807) is 0 Å². The molecule has 2 aromatic rings. The van der Waals surface area contributed by atoms with E-state index in [2.05, 4.69) is 158 Å². The maximum absolute atomic E-state index is 2.51. The maximum Gasteiger partial charge on any atom is 0.0159 e. The Labute approximate surface area is 254 Å². The topological polar surface area (TPSA) is 0 Å². The molecule has 0 aromatic heterocycles. The van der Waals surface area contributed by atoms with Crippen LogP contribution in [0.3, 0.4) is 0 Å². The van der Waals surface area contributed by atoms with Gasteiger partial charge in [0.15, 0.2) is 0 Å². The van der Waals surface area contributed by atoms with Gasteiger partial charge in [0.1, 0.15) is 0 Å². The Hall–Kier alpha value is -2.08. The lowest BCUT2D eigenvalue weighted by atomic mass is 9.61. The molecule has 2 aliphatic carbocycles. The first-order chi connectivity index (χ1) is 18.7. The van der Waals surface area contributed by atoms with Crippen LogP contribution < -0.4 is 0 Å². The summed E-state index contributed by atoms with van der Waals surface area (Å²) in [7, 11) is 0. The predicted molar refractivity (Wildman–Crippen MR) is 182 cm³/mol. The molecule has 0 nitrogen and oxygen atoms in total. The van der Waals surface area contributed by atoms with Gasteiger partial charge in [-0.3, -0.25) is 0 Å². The lowest BCUT2D eigenvalue weighted by Gasteiger charge is -2.43. The van der Waals surface area contributed by atoms with Crippen LogP contribution in [0.15, 0.2) is 54.6 Å². The number of benzene rings is 2. The highest BCUT2D eigenvalue weighted by molar-refractivity contribution is 5.82. The van der Waals surface area contributed by atoms with E-state index in [9.17, 15) is 0 Å². The molecular weight excluding hydrogens is 492 g/mol. The van der Waals surface area contributed by atoms with E-state index in [1.807, 2.05) is 0 Å². The zero-order valence-corrected chi connectivity index (χ0v) is 29.0. The highest BCUT2D eigenvalue weighted by atomic mass is 14.5. The van der Waals surface area contributed by atoms with E-state index in [0.717, 1.165) is 17.8 Å². The van der Waals surface area contributed by atoms with Gasteiger partial charge in [0, 0.05) is 5.41 Å². The fraction of sp³-hybridized carbons (Fsp3) is 0.610. The first-order valence-electron chi connectivity index (χ1n) is 16.4. The van der Waals surface area contributed by atoms with Gasteiger partial charge in [-0.1, -0.05) is 158 Å². The quantitative estimate of drug-likeness (QED) is 0.271. The summed E-state index contributed by atoms with van der Waals surface area (Å²) in [6, 6.07) is 14.3. The number of hydrogen-bond donors (Lipinski definition) is 0. The van der Waals surface area contributed by atoms with Crippen molar-refractivity contribution in [3.63, 3.8) is 0 Å². The molecule has 0 saturated heterocycles. The standard InChI is InChI=1S/C41H60/c1-27(2)39(9,10)34-25-30(34)17-15-16-28(3)41(13,14)38(7,8)23-22-29-18-20-32-33-21-19-31(37(4,5)6)26-36(33)40(11,12)35(32)24-29/h15-16,18-24,26-28,30,34H,17,25H2,1-14H3. The minimum absolute atomic E-state index is 0.00875. The second kappa shape index (κ2) is 10.6. The predicted octanol–water partition coefficient (Wildman–Crippen LogP) is 12.3. The van der Waals surface area contributed by atoms with Crippen molar-refractivity contribution in [3.8, 4) is 11.1 Å². The molecule has 0 radical (unpaired) electrons. The monoisotopic (exact) mass is 552 g/mol. The average Bonchev–Trinajstić information content (AvgIpc) is 3.62. The van der Waals surface area contributed by atoms with Crippen molar-refractivity contribution < 1.29 is 0 Å². The molecule has 0 spiro atoms. The van der Waals surface area contributed by atoms with Gasteiger partial charge in [-0.2, -0.15) is 0 Å². The molecule has 0 N–H and O–H groups in total. The van der Waals surface area contributed by atoms with Crippen LogP contribution in [0.5, 0.6) is 0 Å². The van der Waals surface area contributed by atoms with Crippen molar-refractivity contribution in [1.82, 2.24) is 0 Å². The van der Waals surface area contributed by atoms with E-state index >= 15 is 0 Å². The van der Waals surface area contributed by atoms with E-state index in [4.69, 9.17) is 0 Å². The number of allylic oxidation sites excluding steroid dienone is 3. The molecule has 3 unspecified atom stereocenters. The average molecular weight is 553 g/mol. The van der Waals surface area contributed by atoms with Crippen molar-refractivity contribution in [1.29, 1.82) is 0 Å². The summed E-state index contributed by atoms with van der Waals surface area (Å²) in [6.45, 7) is 33.6. The summed E-state index contributed by atoms with van der Waals surface area (Å²) < 4.78 is 0. The second-order valence-corrected chi connectivity index (χ2v) is 17.2. The fourth-order valence-electron chi connectivity index (χ4n) is 6.98. The van der Waals surface area contributed by atoms with Crippen molar-refractivity contribution >= 4 is 6.08 Å². The smallest absolute Gasteiger partial charge is 0.0159 e. The zero-order chi connectivity index (χ0) is 30.8. The summed E-state index contributed by atoms with van der Waals surface area (Å²) >= 11 is 0. The van der Waals surface area contributed by atoms with Crippen LogP contribution in [0.1, 0.15) is 132 Å². The van der Waals surface area contributed by atoms with Gasteiger partial charge < -0.3 is 0 Å². The van der Waals surface area contributed by atoms with Gasteiger partial charge in [-0.25, -0.2) is 0 Å². The van der Waals surface area contributed by atoms with Crippen molar-refractivity contribution in [2.24, 2.45) is 39.9 Å². The van der Waals surface area contributed by atoms with Gasteiger partial charge in [-0.15, -0.1) is 0 Å². The lowest BCUT2D eigenvalue weighted by molar-refractivity contribution is 0.116. The second-order valence-electron chi connectivity index (χ2n) is 17.2. The summed E-state index contributed by atoms with van der Waals surface area (Å²) in [5, 5.41) is 0. The number of fused-ring (bicyclic) bond motifs is 3. The van der Waals surface area contributed by atoms with Crippen molar-refractivity contribution in [2.45, 2.75) is 121 Å². The third-order valence-corrected chi connectivity index (χ3v) is 12.3. The largest absolute Gasteiger partial charge is 0.0880 e. The summed E-state index contributed by atoms with van der Waals surface area (Å²) in [4.78, 5) is 0. The molecule has 0 bridgehead atoms. The van der Waals surface area contributed by atoms with E-state index in [0.29, 0.717) is 11.3 Å². The molecule has 3 atom stereocenters. The van der Waals surface area contributed by atoms with Crippen LogP contribution in [0.25, 0.3) is 17.2 Å². The van der Waals surface area contributed by atoms with Gasteiger partial charge in [-0.05, 0) is 91.6 Å². The van der Waals surface area contributed by atoms with Gasteiger partial charge in [0.05, 0.1) is 0 Å². The Balaban J connectivity index is 1.47. The number of hydrogen-bond acceptors (Lipinski definition) is 0. The summed E-state index contributed by atoms with van der Waals surface area (Å²) in [5.74, 6) is 3.02. The molecule has 0 heterocycles. The van der Waals surface area contributed by atoms with Gasteiger partial charge in [0.25, 0.3) is 0 Å². The Bertz CT molecular complexity index is 1310. The summed E-state index contributed by atoms with van der Waals surface area (Å²) in [6.07, 6.45) is 12.5. The maximum atomic E-state index is 2.51. The Morgan fingerprint density at radius 1 is 0.829 bits per heavy atom. The van der Waals surface area contributed by atoms with Crippen LogP contribution in [0.4, 0.5) is 0 Å². The Kier molecular flexibility index (Phi) is 8.21. The lowest BCUT2D eigenvalue weighted by Crippen LogP contribution is -2.36. The van der Waals surface area contributed by atoms with E-state index in [-0.39, 0.29) is 21.7 Å². The zero-order valence-electron chi connectivity index (χ0n) is 29.0. The molecule has 4 rings (SSSR count). The molecule has 0 aliphatic heterocycles. The van der Waals surface area contributed by atoms with Crippen LogP contribution >= 0.6 is 0 Å². The minimum atomic E-state index is 0.00875. The highest BCUT2D eigenvalue weighted by Crippen LogP contribution is 2.56. The van der Waals surface area contributed by atoms with E-state index < -0.39 is 0 Å². The fourth-order valence-corrected chi connectivity index (χ4v) is 6.98. The number of rotatable bonds is 9. The molecule has 0 amide bonds. The molecule has 1 saturated carbocycles. The van der Waals surface area contributed by atoms with Crippen LogP contribution in [0.2, 0.25) is 0 Å². The highest BCUT2D eigenvalue weighted by Gasteiger charge is 2.48. The minimum Gasteiger partial charge on any atom is -0.0880 e. The first kappa shape index (κ1) is 31.8. The Morgan fingerprint density at radius 2 is 1.41 bits per heavy atom. The van der Waals surface area contributed by atoms with Crippen molar-refractivity contribution in [3.05, 3.63) is 76.9 Å². The molecule has 41 heavy (non-hydrogen) atoms. The molecular formula is C41H60. The van der Waals surface area contributed by atoms with Crippen LogP contribution in [-0.4, -0.2) is 0 Å². The van der Waals surface area contributed by atoms with E-state index in [1.165, 1.54) is 46.2 Å². The molecule has 2 aliphatic rings. The third-order valence-electron chi connectivity index (χ3n) is 12.3. The van der Waals surface area contributed by atoms with Crippen molar-refractivity contribution in [2.75, 3.05) is 0 Å². The van der Waals surface area contributed by atoms with Crippen LogP contribution in [0, 0.1) is 39.9 Å². The SMILES string of the molecule is CC(C)C(C)(C)C1CC1CC=CC(C)C(C)(C)C(C)(C)C=Cc1ccc2c(c1)C(C)(C)c1cc(C(C)(C)C)ccc1-2. The normalized spacial score (nSPS) is 21.5. The molecule has 0 heteroatoms. The molecule has 224 valence electrons. The molecule has 1 fully saturated rings. The van der Waals surface area contributed by atoms with Gasteiger partial charge >= 0.3 is 0 Å².